The molecule has 0 bridgehead atoms. The molecule has 0 saturated carbocycles. The van der Waals surface area contributed by atoms with Gasteiger partial charge >= 0.3 is 0 Å². The molecule has 0 saturated heterocycles. The Bertz CT molecular complexity index is 819. The summed E-state index contributed by atoms with van der Waals surface area (Å²) in [5.74, 6) is -0.211. The van der Waals surface area contributed by atoms with Crippen molar-refractivity contribution in [2.24, 2.45) is 0 Å². The maximum absolute atomic E-state index is 12.0. The fraction of sp³-hybridized carbons (Fsp3) is 0.133. The smallest absolute Gasteiger partial charge is 0.267 e. The van der Waals surface area contributed by atoms with Crippen LogP contribution in [0.3, 0.4) is 0 Å². The number of nitrogen functional groups attached to an aromatic ring is 1. The molecule has 0 spiro atoms. The van der Waals surface area contributed by atoms with Crippen molar-refractivity contribution >= 4 is 28.1 Å². The van der Waals surface area contributed by atoms with Crippen LogP contribution in [-0.4, -0.2) is 20.4 Å². The molecule has 7 heteroatoms. The number of amides is 1. The number of anilines is 2. The third-order valence-corrected chi connectivity index (χ3v) is 4.23. The summed E-state index contributed by atoms with van der Waals surface area (Å²) in [4.78, 5) is 20.7. The van der Waals surface area contributed by atoms with Crippen LogP contribution in [0.25, 0.3) is 5.69 Å². The minimum absolute atomic E-state index is 0.211. The van der Waals surface area contributed by atoms with Gasteiger partial charge in [0.1, 0.15) is 4.88 Å². The Labute approximate surface area is 131 Å². The first kappa shape index (κ1) is 14.3. The zero-order chi connectivity index (χ0) is 15.7. The lowest BCUT2D eigenvalue weighted by atomic mass is 10.2. The summed E-state index contributed by atoms with van der Waals surface area (Å²) < 4.78 is 2.00. The van der Waals surface area contributed by atoms with Crippen molar-refractivity contribution in [3.05, 3.63) is 53.1 Å². The van der Waals surface area contributed by atoms with Crippen molar-refractivity contribution in [2.75, 3.05) is 11.1 Å². The highest BCUT2D eigenvalue weighted by Crippen LogP contribution is 2.19. The van der Waals surface area contributed by atoms with E-state index in [1.165, 1.54) is 6.20 Å². The molecule has 2 aromatic heterocycles. The zero-order valence-electron chi connectivity index (χ0n) is 12.2. The van der Waals surface area contributed by atoms with Crippen LogP contribution in [0.2, 0.25) is 0 Å². The molecule has 0 unspecified atom stereocenters. The monoisotopic (exact) mass is 313 g/mol. The van der Waals surface area contributed by atoms with Gasteiger partial charge in [-0.2, -0.15) is 0 Å². The highest BCUT2D eigenvalue weighted by atomic mass is 32.1. The zero-order valence-corrected chi connectivity index (χ0v) is 13.0. The third kappa shape index (κ3) is 2.71. The molecule has 1 aromatic carbocycles. The number of nitrogens with zero attached hydrogens (tertiary/aromatic N) is 3. The second kappa shape index (κ2) is 5.61. The van der Waals surface area contributed by atoms with Gasteiger partial charge in [0.15, 0.2) is 5.13 Å². The fourth-order valence-electron chi connectivity index (χ4n) is 2.05. The van der Waals surface area contributed by atoms with E-state index >= 15 is 0 Å². The number of rotatable bonds is 3. The van der Waals surface area contributed by atoms with E-state index in [-0.39, 0.29) is 5.91 Å². The van der Waals surface area contributed by atoms with E-state index < -0.39 is 0 Å². The molecule has 0 aliphatic carbocycles. The van der Waals surface area contributed by atoms with Crippen molar-refractivity contribution in [1.29, 1.82) is 0 Å². The molecule has 0 atom stereocenters. The van der Waals surface area contributed by atoms with Gasteiger partial charge in [-0.25, -0.2) is 9.97 Å². The molecule has 0 aliphatic heterocycles. The third-order valence-electron chi connectivity index (χ3n) is 3.40. The number of imidazole rings is 1. The highest BCUT2D eigenvalue weighted by molar-refractivity contribution is 7.17. The molecule has 3 rings (SSSR count). The van der Waals surface area contributed by atoms with Gasteiger partial charge in [0.05, 0.1) is 18.2 Å². The van der Waals surface area contributed by atoms with Crippen molar-refractivity contribution in [3.8, 4) is 5.69 Å². The van der Waals surface area contributed by atoms with Crippen LogP contribution in [0, 0.1) is 13.8 Å². The van der Waals surface area contributed by atoms with Crippen LogP contribution in [0.4, 0.5) is 10.8 Å². The van der Waals surface area contributed by atoms with E-state index in [9.17, 15) is 4.79 Å². The summed E-state index contributed by atoms with van der Waals surface area (Å²) in [7, 11) is 0. The molecule has 6 nitrogen and oxygen atoms in total. The normalized spacial score (nSPS) is 10.6. The van der Waals surface area contributed by atoms with Gasteiger partial charge in [-0.05, 0) is 38.1 Å². The molecule has 0 aliphatic rings. The number of aromatic nitrogens is 3. The molecule has 22 heavy (non-hydrogen) atoms. The van der Waals surface area contributed by atoms with Crippen LogP contribution in [-0.2, 0) is 0 Å². The Kier molecular flexibility index (Phi) is 3.64. The van der Waals surface area contributed by atoms with Crippen LogP contribution >= 0.6 is 11.3 Å². The first-order valence-corrected chi connectivity index (χ1v) is 7.50. The topological polar surface area (TPSA) is 85.8 Å². The fourth-order valence-corrected chi connectivity index (χ4v) is 2.63. The predicted molar refractivity (Wildman–Crippen MR) is 87.5 cm³/mol. The number of aryl methyl sites for hydroxylation is 1. The number of benzene rings is 1. The highest BCUT2D eigenvalue weighted by Gasteiger charge is 2.10. The standard InChI is InChI=1S/C15H15N5OS/c1-9-10(2)20(8-18-9)12-5-3-11(4-6-12)19-14(21)13-7-17-15(16)22-13/h3-8H,1-2H3,(H2,16,17)(H,19,21). The molecule has 2 heterocycles. The largest absolute Gasteiger partial charge is 0.375 e. The summed E-state index contributed by atoms with van der Waals surface area (Å²) in [5, 5.41) is 3.20. The van der Waals surface area contributed by atoms with Crippen LogP contribution in [0.1, 0.15) is 21.1 Å². The maximum atomic E-state index is 12.0. The SMILES string of the molecule is Cc1ncn(-c2ccc(NC(=O)c3cnc(N)s3)cc2)c1C. The lowest BCUT2D eigenvalue weighted by Gasteiger charge is -2.08. The molecule has 1 amide bonds. The summed E-state index contributed by atoms with van der Waals surface area (Å²) >= 11 is 1.16. The van der Waals surface area contributed by atoms with Gasteiger partial charge < -0.3 is 15.6 Å². The van der Waals surface area contributed by atoms with Crippen molar-refractivity contribution in [2.45, 2.75) is 13.8 Å². The van der Waals surface area contributed by atoms with Gasteiger partial charge in [-0.3, -0.25) is 4.79 Å². The van der Waals surface area contributed by atoms with E-state index in [4.69, 9.17) is 5.73 Å². The van der Waals surface area contributed by atoms with E-state index in [2.05, 4.69) is 15.3 Å². The second-order valence-corrected chi connectivity index (χ2v) is 5.91. The maximum Gasteiger partial charge on any atom is 0.267 e. The number of nitrogens with one attached hydrogen (secondary N) is 1. The van der Waals surface area contributed by atoms with Crippen molar-refractivity contribution in [3.63, 3.8) is 0 Å². The quantitative estimate of drug-likeness (QED) is 0.778. The summed E-state index contributed by atoms with van der Waals surface area (Å²) in [6, 6.07) is 7.58. The average Bonchev–Trinajstić information content (AvgIpc) is 3.08. The first-order chi connectivity index (χ1) is 10.5. The number of carbonyl (C=O) groups excluding carboxylic acids is 1. The Morgan fingerprint density at radius 2 is 1.95 bits per heavy atom. The second-order valence-electron chi connectivity index (χ2n) is 4.85. The van der Waals surface area contributed by atoms with Gasteiger partial charge in [-0.1, -0.05) is 11.3 Å². The Balaban J connectivity index is 1.77. The minimum Gasteiger partial charge on any atom is -0.375 e. The van der Waals surface area contributed by atoms with E-state index in [1.54, 1.807) is 6.33 Å². The summed E-state index contributed by atoms with van der Waals surface area (Å²) in [6.07, 6.45) is 3.26. The molecule has 0 radical (unpaired) electrons. The number of carbonyl (C=O) groups is 1. The molecular weight excluding hydrogens is 298 g/mol. The lowest BCUT2D eigenvalue weighted by Crippen LogP contribution is -2.10. The molecule has 112 valence electrons. The molecule has 3 N–H and O–H groups in total. The molecule has 3 aromatic rings. The van der Waals surface area contributed by atoms with Crippen LogP contribution in [0.15, 0.2) is 36.8 Å². The van der Waals surface area contributed by atoms with Crippen LogP contribution in [0.5, 0.6) is 0 Å². The first-order valence-electron chi connectivity index (χ1n) is 6.68. The number of hydrogen-bond acceptors (Lipinski definition) is 5. The minimum atomic E-state index is -0.211. The van der Waals surface area contributed by atoms with Gasteiger partial charge in [0.2, 0.25) is 0 Å². The average molecular weight is 313 g/mol. The number of hydrogen-bond donors (Lipinski definition) is 2. The van der Waals surface area contributed by atoms with Crippen molar-refractivity contribution in [1.82, 2.24) is 14.5 Å². The van der Waals surface area contributed by atoms with E-state index in [0.717, 1.165) is 34.1 Å². The van der Waals surface area contributed by atoms with Gasteiger partial charge in [-0.15, -0.1) is 0 Å². The molecule has 0 fully saturated rings. The van der Waals surface area contributed by atoms with Crippen LogP contribution < -0.4 is 11.1 Å². The lowest BCUT2D eigenvalue weighted by molar-refractivity contribution is 0.103. The number of nitrogens with two attached hydrogens (primary N) is 1. The summed E-state index contributed by atoms with van der Waals surface area (Å²) in [6.45, 7) is 3.99. The van der Waals surface area contributed by atoms with Crippen molar-refractivity contribution < 1.29 is 4.79 Å². The van der Waals surface area contributed by atoms with E-state index in [0.29, 0.717) is 10.0 Å². The summed E-state index contributed by atoms with van der Waals surface area (Å²) in [5.41, 5.74) is 9.34. The molecular formula is C15H15N5OS. The van der Waals surface area contributed by atoms with Gasteiger partial charge in [0, 0.05) is 17.1 Å². The Morgan fingerprint density at radius 3 is 2.50 bits per heavy atom. The predicted octanol–water partition coefficient (Wildman–Crippen LogP) is 2.78. The number of thiazole rings is 1. The Morgan fingerprint density at radius 1 is 1.23 bits per heavy atom. The Hall–Kier alpha value is -2.67. The van der Waals surface area contributed by atoms with Gasteiger partial charge in [0.25, 0.3) is 5.91 Å². The van der Waals surface area contributed by atoms with E-state index in [1.807, 2.05) is 42.7 Å².